The van der Waals surface area contributed by atoms with Crippen LogP contribution in [0.3, 0.4) is 0 Å². The van der Waals surface area contributed by atoms with Crippen LogP contribution in [0, 0.1) is 12.7 Å². The molecule has 0 N–H and O–H groups in total. The molecule has 42 heavy (non-hydrogen) atoms. The molecule has 1 heterocycles. The molecule has 0 aliphatic rings. The number of likely N-dealkylation sites (N-methyl/N-ethyl adjacent to an activating group) is 1. The highest BCUT2D eigenvalue weighted by Gasteiger charge is 2.35. The number of nitrogens with zero attached hydrogens (tertiary/aromatic N) is 3. The molecule has 1 unspecified atom stereocenters. The number of benzene rings is 3. The fraction of sp³-hybridized carbons (Fsp3) is 0.344. The summed E-state index contributed by atoms with van der Waals surface area (Å²) in [7, 11) is 1.72. The maximum atomic E-state index is 15.1. The van der Waals surface area contributed by atoms with Crippen LogP contribution in [0.4, 0.5) is 17.6 Å². The number of alkyl halides is 3. The van der Waals surface area contributed by atoms with Gasteiger partial charge in [-0.05, 0) is 76.1 Å². The van der Waals surface area contributed by atoms with Gasteiger partial charge in [0.25, 0.3) is 5.89 Å². The minimum atomic E-state index is -4.62. The number of carbonyl (C=O) groups excluding carboxylic acids is 1. The molecule has 10 heteroatoms. The van der Waals surface area contributed by atoms with Crippen molar-refractivity contribution in [2.24, 2.45) is 0 Å². The monoisotopic (exact) mass is 583 g/mol. The number of aromatic nitrogens is 2. The first-order chi connectivity index (χ1) is 19.7. The Morgan fingerprint density at radius 2 is 1.69 bits per heavy atom. The summed E-state index contributed by atoms with van der Waals surface area (Å²) in [5.41, 5.74) is 0.481. The summed E-state index contributed by atoms with van der Waals surface area (Å²) in [6.07, 6.45) is -4.14. The Hall–Kier alpha value is -4.05. The van der Waals surface area contributed by atoms with Crippen LogP contribution in [0.1, 0.15) is 50.8 Å². The Morgan fingerprint density at radius 1 is 1.00 bits per heavy atom. The second-order valence-electron chi connectivity index (χ2n) is 11.2. The minimum Gasteiger partial charge on any atom is -0.459 e. The van der Waals surface area contributed by atoms with E-state index in [2.05, 4.69) is 10.1 Å². The highest BCUT2D eigenvalue weighted by Crippen LogP contribution is 2.40. The van der Waals surface area contributed by atoms with E-state index in [9.17, 15) is 18.0 Å². The molecule has 0 aliphatic heterocycles. The number of esters is 1. The first-order valence-electron chi connectivity index (χ1n) is 13.5. The van der Waals surface area contributed by atoms with Crippen LogP contribution in [0.25, 0.3) is 34.0 Å². The summed E-state index contributed by atoms with van der Waals surface area (Å²) in [6.45, 7) is 9.11. The number of hydrogen-bond donors (Lipinski definition) is 0. The topological polar surface area (TPSA) is 68.5 Å². The van der Waals surface area contributed by atoms with Crippen LogP contribution in [-0.4, -0.2) is 39.7 Å². The van der Waals surface area contributed by atoms with E-state index >= 15 is 4.39 Å². The second-order valence-corrected chi connectivity index (χ2v) is 11.2. The van der Waals surface area contributed by atoms with Crippen molar-refractivity contribution in [1.82, 2.24) is 15.0 Å². The van der Waals surface area contributed by atoms with E-state index in [4.69, 9.17) is 9.26 Å². The highest BCUT2D eigenvalue weighted by atomic mass is 19.4. The Labute approximate surface area is 242 Å². The molecule has 0 bridgehead atoms. The van der Waals surface area contributed by atoms with E-state index in [1.165, 1.54) is 18.2 Å². The number of hydrogen-bond acceptors (Lipinski definition) is 6. The van der Waals surface area contributed by atoms with Crippen molar-refractivity contribution in [2.45, 2.75) is 65.4 Å². The Bertz CT molecular complexity index is 1570. The molecule has 1 aromatic heterocycles. The summed E-state index contributed by atoms with van der Waals surface area (Å²) >= 11 is 0. The fourth-order valence-corrected chi connectivity index (χ4v) is 4.70. The normalized spacial score (nSPS) is 12.9. The van der Waals surface area contributed by atoms with Crippen LogP contribution in [-0.2, 0) is 22.3 Å². The Kier molecular flexibility index (Phi) is 8.87. The highest BCUT2D eigenvalue weighted by molar-refractivity contribution is 5.76. The van der Waals surface area contributed by atoms with E-state index in [-0.39, 0.29) is 35.4 Å². The van der Waals surface area contributed by atoms with E-state index in [1.54, 1.807) is 76.0 Å². The maximum Gasteiger partial charge on any atom is 0.417 e. The van der Waals surface area contributed by atoms with Crippen molar-refractivity contribution in [1.29, 1.82) is 0 Å². The average Bonchev–Trinajstić information content (AvgIpc) is 3.39. The standard InChI is InChI=1S/C32H33F4N3O3/c1-7-27(30(40)41-31(3,4)5)39(6)18-22-13-12-20(17-26(22)33)28-37-29(42-38-28)21-14-15-24(25(16-21)32(34,35)36)23-11-9-8-10-19(23)2/h8-17,27H,7,18H2,1-6H3. The molecule has 3 aromatic carbocycles. The molecule has 4 rings (SSSR count). The van der Waals surface area contributed by atoms with Crippen LogP contribution in [0.15, 0.2) is 65.2 Å². The van der Waals surface area contributed by atoms with E-state index < -0.39 is 29.2 Å². The molecule has 0 saturated heterocycles. The fourth-order valence-electron chi connectivity index (χ4n) is 4.70. The predicted molar refractivity (Wildman–Crippen MR) is 152 cm³/mol. The summed E-state index contributed by atoms with van der Waals surface area (Å²) < 4.78 is 68.1. The first kappa shape index (κ1) is 30.9. The molecular weight excluding hydrogens is 550 g/mol. The largest absolute Gasteiger partial charge is 0.459 e. The van der Waals surface area contributed by atoms with Gasteiger partial charge in [0.2, 0.25) is 5.82 Å². The summed E-state index contributed by atoms with van der Waals surface area (Å²) in [4.78, 5) is 18.6. The molecule has 0 spiro atoms. The minimum absolute atomic E-state index is 0.0283. The lowest BCUT2D eigenvalue weighted by molar-refractivity contribution is -0.161. The third-order valence-electron chi connectivity index (χ3n) is 6.76. The molecule has 0 aliphatic carbocycles. The molecular formula is C32H33F4N3O3. The lowest BCUT2D eigenvalue weighted by Gasteiger charge is -2.29. The van der Waals surface area contributed by atoms with Gasteiger partial charge in [0.1, 0.15) is 17.5 Å². The van der Waals surface area contributed by atoms with Crippen LogP contribution in [0.5, 0.6) is 0 Å². The Balaban J connectivity index is 1.57. The zero-order valence-corrected chi connectivity index (χ0v) is 24.3. The smallest absolute Gasteiger partial charge is 0.417 e. The van der Waals surface area contributed by atoms with E-state index in [0.29, 0.717) is 28.7 Å². The molecule has 222 valence electrons. The molecule has 6 nitrogen and oxygen atoms in total. The van der Waals surface area contributed by atoms with Crippen LogP contribution in [0.2, 0.25) is 0 Å². The van der Waals surface area contributed by atoms with Crippen molar-refractivity contribution < 1.29 is 31.6 Å². The zero-order chi connectivity index (χ0) is 30.8. The lowest BCUT2D eigenvalue weighted by Crippen LogP contribution is -2.41. The average molecular weight is 584 g/mol. The van der Waals surface area contributed by atoms with Gasteiger partial charge < -0.3 is 9.26 Å². The van der Waals surface area contributed by atoms with E-state index in [1.807, 2.05) is 6.92 Å². The van der Waals surface area contributed by atoms with Gasteiger partial charge in [-0.15, -0.1) is 0 Å². The van der Waals surface area contributed by atoms with Gasteiger partial charge in [-0.3, -0.25) is 9.69 Å². The van der Waals surface area contributed by atoms with Gasteiger partial charge in [0.05, 0.1) is 5.56 Å². The molecule has 4 aromatic rings. The van der Waals surface area contributed by atoms with Crippen LogP contribution < -0.4 is 0 Å². The van der Waals surface area contributed by atoms with Crippen molar-refractivity contribution >= 4 is 5.97 Å². The van der Waals surface area contributed by atoms with Gasteiger partial charge in [0.15, 0.2) is 0 Å². The van der Waals surface area contributed by atoms with E-state index in [0.717, 1.165) is 6.07 Å². The van der Waals surface area contributed by atoms with Crippen molar-refractivity contribution in [2.75, 3.05) is 7.05 Å². The van der Waals surface area contributed by atoms with Gasteiger partial charge in [-0.2, -0.15) is 18.2 Å². The van der Waals surface area contributed by atoms with Crippen LogP contribution >= 0.6 is 0 Å². The van der Waals surface area contributed by atoms with Gasteiger partial charge in [-0.25, -0.2) is 4.39 Å². The third kappa shape index (κ3) is 7.05. The maximum absolute atomic E-state index is 15.1. The van der Waals surface area contributed by atoms with Gasteiger partial charge in [0, 0.05) is 23.2 Å². The third-order valence-corrected chi connectivity index (χ3v) is 6.76. The second kappa shape index (κ2) is 12.1. The number of aryl methyl sites for hydroxylation is 1. The molecule has 1 atom stereocenters. The summed E-state index contributed by atoms with van der Waals surface area (Å²) in [5.74, 6) is -1.03. The van der Waals surface area contributed by atoms with Crippen molar-refractivity contribution in [3.63, 3.8) is 0 Å². The molecule has 0 saturated carbocycles. The number of ether oxygens (including phenoxy) is 1. The first-order valence-corrected chi connectivity index (χ1v) is 13.5. The molecule has 0 fully saturated rings. The number of carbonyl (C=O) groups is 1. The predicted octanol–water partition coefficient (Wildman–Crippen LogP) is 8.09. The zero-order valence-electron chi connectivity index (χ0n) is 24.3. The Morgan fingerprint density at radius 3 is 2.31 bits per heavy atom. The summed E-state index contributed by atoms with van der Waals surface area (Å²) in [6, 6.07) is 14.5. The van der Waals surface area contributed by atoms with Gasteiger partial charge >= 0.3 is 12.1 Å². The molecule has 0 radical (unpaired) electrons. The van der Waals surface area contributed by atoms with Gasteiger partial charge in [-0.1, -0.05) is 54.5 Å². The number of halogens is 4. The summed E-state index contributed by atoms with van der Waals surface area (Å²) in [5, 5.41) is 3.87. The van der Waals surface area contributed by atoms with Crippen molar-refractivity contribution in [3.05, 3.63) is 83.2 Å². The quantitative estimate of drug-likeness (QED) is 0.154. The molecule has 0 amide bonds. The SMILES string of the molecule is CCC(C(=O)OC(C)(C)C)N(C)Cc1ccc(-c2noc(-c3ccc(-c4ccccc4C)c(C(F)(F)F)c3)n2)cc1F. The number of rotatable bonds is 8. The lowest BCUT2D eigenvalue weighted by atomic mass is 9.94. The van der Waals surface area contributed by atoms with Crippen molar-refractivity contribution in [3.8, 4) is 34.0 Å².